The lowest BCUT2D eigenvalue weighted by Gasteiger charge is -2.22. The van der Waals surface area contributed by atoms with Crippen molar-refractivity contribution in [2.45, 2.75) is 25.5 Å². The molecule has 31 heavy (non-hydrogen) atoms. The van der Waals surface area contributed by atoms with Gasteiger partial charge in [0.1, 0.15) is 12.1 Å². The maximum atomic E-state index is 12.2. The van der Waals surface area contributed by atoms with E-state index in [-0.39, 0.29) is 12.3 Å². The molecule has 0 fully saturated rings. The lowest BCUT2D eigenvalue weighted by atomic mass is 9.94. The van der Waals surface area contributed by atoms with Gasteiger partial charge in [0.15, 0.2) is 0 Å². The van der Waals surface area contributed by atoms with Crippen molar-refractivity contribution in [3.63, 3.8) is 0 Å². The van der Waals surface area contributed by atoms with Gasteiger partial charge in [-0.1, -0.05) is 30.3 Å². The molecule has 0 aliphatic heterocycles. The number of esters is 1. The Labute approximate surface area is 177 Å². The zero-order valence-corrected chi connectivity index (χ0v) is 16.6. The van der Waals surface area contributed by atoms with Crippen LogP contribution in [0.5, 0.6) is 0 Å². The Morgan fingerprint density at radius 1 is 1.00 bits per heavy atom. The monoisotopic (exact) mass is 430 g/mol. The molecule has 0 saturated heterocycles. The molecule has 0 spiro atoms. The Morgan fingerprint density at radius 2 is 1.52 bits per heavy atom. The number of nitro benzene ring substituents is 1. The molecule has 2 rings (SSSR count). The van der Waals surface area contributed by atoms with Crippen LogP contribution in [0.4, 0.5) is 5.69 Å². The minimum Gasteiger partial charge on any atom is -0.478 e. The fourth-order valence-electron chi connectivity index (χ4n) is 2.26. The summed E-state index contributed by atoms with van der Waals surface area (Å²) in [5.74, 6) is -3.03. The average Bonchev–Trinajstić information content (AvgIpc) is 2.71. The van der Waals surface area contributed by atoms with Crippen molar-refractivity contribution in [3.05, 3.63) is 88.0 Å². The molecule has 0 aliphatic rings. The largest absolute Gasteiger partial charge is 0.478 e. The van der Waals surface area contributed by atoms with E-state index in [1.165, 1.54) is 12.1 Å². The second-order valence-electron chi connectivity index (χ2n) is 6.59. The SMILES string of the molecule is C[C@](N)(Cc1ccccc1)C(=O)OCc1ccc([N+](=O)[O-])cc1.O=C(O)/C=C/C(=O)O. The van der Waals surface area contributed by atoms with Crippen LogP contribution in [-0.4, -0.2) is 38.6 Å². The zero-order chi connectivity index (χ0) is 23.4. The van der Waals surface area contributed by atoms with Crippen LogP contribution in [0.25, 0.3) is 0 Å². The van der Waals surface area contributed by atoms with E-state index in [2.05, 4.69) is 0 Å². The number of benzene rings is 2. The van der Waals surface area contributed by atoms with E-state index in [0.717, 1.165) is 5.56 Å². The van der Waals surface area contributed by atoms with E-state index in [9.17, 15) is 24.5 Å². The van der Waals surface area contributed by atoms with Gasteiger partial charge in [0.05, 0.1) is 4.92 Å². The Morgan fingerprint density at radius 3 is 1.97 bits per heavy atom. The van der Waals surface area contributed by atoms with Crippen molar-refractivity contribution in [1.29, 1.82) is 0 Å². The Bertz CT molecular complexity index is 922. The van der Waals surface area contributed by atoms with E-state index in [0.29, 0.717) is 24.1 Å². The number of rotatable bonds is 8. The molecule has 0 aliphatic carbocycles. The van der Waals surface area contributed by atoms with Crippen molar-refractivity contribution in [2.24, 2.45) is 5.73 Å². The maximum absolute atomic E-state index is 12.2. The van der Waals surface area contributed by atoms with Crippen LogP contribution in [0.1, 0.15) is 18.1 Å². The summed E-state index contributed by atoms with van der Waals surface area (Å²) in [6, 6.07) is 15.3. The van der Waals surface area contributed by atoms with Crippen LogP contribution in [0.3, 0.4) is 0 Å². The lowest BCUT2D eigenvalue weighted by Crippen LogP contribution is -2.48. The van der Waals surface area contributed by atoms with Gasteiger partial charge >= 0.3 is 17.9 Å². The van der Waals surface area contributed by atoms with Crippen molar-refractivity contribution in [2.75, 3.05) is 0 Å². The number of nitrogens with zero attached hydrogens (tertiary/aromatic N) is 1. The maximum Gasteiger partial charge on any atom is 0.328 e. The fraction of sp³-hybridized carbons (Fsp3) is 0.190. The van der Waals surface area contributed by atoms with Gasteiger partial charge < -0.3 is 20.7 Å². The zero-order valence-electron chi connectivity index (χ0n) is 16.6. The van der Waals surface area contributed by atoms with Crippen LogP contribution in [0.15, 0.2) is 66.7 Å². The molecule has 0 heterocycles. The molecule has 1 atom stereocenters. The molecule has 0 aromatic heterocycles. The topological polar surface area (TPSA) is 170 Å². The number of non-ortho nitro benzene ring substituents is 1. The van der Waals surface area contributed by atoms with Crippen molar-refractivity contribution >= 4 is 23.6 Å². The third-order valence-corrected chi connectivity index (χ3v) is 3.77. The van der Waals surface area contributed by atoms with Crippen LogP contribution in [0.2, 0.25) is 0 Å². The highest BCUT2D eigenvalue weighted by Gasteiger charge is 2.30. The van der Waals surface area contributed by atoms with Crippen LogP contribution in [0, 0.1) is 10.1 Å². The molecule has 0 unspecified atom stereocenters. The highest BCUT2D eigenvalue weighted by molar-refractivity contribution is 5.89. The van der Waals surface area contributed by atoms with E-state index in [1.54, 1.807) is 19.1 Å². The summed E-state index contributed by atoms with van der Waals surface area (Å²) in [5.41, 5.74) is 6.53. The summed E-state index contributed by atoms with van der Waals surface area (Å²) in [4.78, 5) is 41.4. The lowest BCUT2D eigenvalue weighted by molar-refractivity contribution is -0.384. The molecule has 10 heteroatoms. The highest BCUT2D eigenvalue weighted by atomic mass is 16.6. The van der Waals surface area contributed by atoms with Gasteiger partial charge in [-0.25, -0.2) is 9.59 Å². The number of hydrogen-bond donors (Lipinski definition) is 3. The molecule has 2 aromatic carbocycles. The average molecular weight is 430 g/mol. The Kier molecular flexibility index (Phi) is 9.54. The summed E-state index contributed by atoms with van der Waals surface area (Å²) in [5, 5.41) is 26.2. The predicted molar refractivity (Wildman–Crippen MR) is 110 cm³/mol. The van der Waals surface area contributed by atoms with Gasteiger partial charge in [0.2, 0.25) is 0 Å². The Balaban J connectivity index is 0.000000512. The summed E-state index contributed by atoms with van der Waals surface area (Å²) in [6.45, 7) is 1.65. The summed E-state index contributed by atoms with van der Waals surface area (Å²) in [7, 11) is 0. The summed E-state index contributed by atoms with van der Waals surface area (Å²) >= 11 is 0. The van der Waals surface area contributed by atoms with E-state index in [1.807, 2.05) is 30.3 Å². The minimum absolute atomic E-state index is 0.00665. The molecule has 4 N–H and O–H groups in total. The number of hydrogen-bond acceptors (Lipinski definition) is 7. The predicted octanol–water partition coefficient (Wildman–Crippen LogP) is 2.31. The van der Waals surface area contributed by atoms with E-state index < -0.39 is 28.4 Å². The first kappa shape index (κ1) is 25.0. The molecular weight excluding hydrogens is 408 g/mol. The molecular formula is C21H22N2O8. The third kappa shape index (κ3) is 9.81. The molecule has 0 saturated carbocycles. The summed E-state index contributed by atoms with van der Waals surface area (Å²) in [6.07, 6.45) is 1.48. The third-order valence-electron chi connectivity index (χ3n) is 3.77. The van der Waals surface area contributed by atoms with Gasteiger partial charge in [-0.3, -0.25) is 14.9 Å². The van der Waals surface area contributed by atoms with E-state index in [4.69, 9.17) is 20.7 Å². The smallest absolute Gasteiger partial charge is 0.328 e. The van der Waals surface area contributed by atoms with Gasteiger partial charge in [0.25, 0.3) is 5.69 Å². The number of nitro groups is 1. The molecule has 2 aromatic rings. The van der Waals surface area contributed by atoms with Crippen molar-refractivity contribution < 1.29 is 34.3 Å². The van der Waals surface area contributed by atoms with Gasteiger partial charge in [-0.05, 0) is 30.2 Å². The van der Waals surface area contributed by atoms with Gasteiger partial charge in [-0.15, -0.1) is 0 Å². The quantitative estimate of drug-likeness (QED) is 0.246. The van der Waals surface area contributed by atoms with Crippen LogP contribution in [-0.2, 0) is 32.1 Å². The number of ether oxygens (including phenoxy) is 1. The number of carbonyl (C=O) groups excluding carboxylic acids is 1. The Hall–Kier alpha value is -4.05. The molecule has 0 bridgehead atoms. The standard InChI is InChI=1S/C17H18N2O4.C4H4O4/c1-17(18,11-13-5-3-2-4-6-13)16(20)23-12-14-7-9-15(10-8-14)19(21)22;5-3(6)1-2-4(7)8/h2-10H,11-12,18H2,1H3;1-2H,(H,5,6)(H,7,8)/b;2-1+/t17-;/m0./s1. The second kappa shape index (κ2) is 11.8. The minimum atomic E-state index is -1.26. The number of carboxylic acids is 2. The van der Waals surface area contributed by atoms with Crippen LogP contribution >= 0.6 is 0 Å². The van der Waals surface area contributed by atoms with Gasteiger partial charge in [-0.2, -0.15) is 0 Å². The number of nitrogens with two attached hydrogens (primary N) is 1. The number of carboxylic acid groups (broad SMARTS) is 2. The molecule has 10 nitrogen and oxygen atoms in total. The molecule has 0 amide bonds. The first-order valence-electron chi connectivity index (χ1n) is 8.88. The number of aliphatic carboxylic acids is 2. The first-order valence-corrected chi connectivity index (χ1v) is 8.88. The molecule has 164 valence electrons. The fourth-order valence-corrected chi connectivity index (χ4v) is 2.26. The van der Waals surface area contributed by atoms with E-state index >= 15 is 0 Å². The molecule has 0 radical (unpaired) electrons. The second-order valence-corrected chi connectivity index (χ2v) is 6.59. The normalized spacial score (nSPS) is 12.2. The summed E-state index contributed by atoms with van der Waals surface area (Å²) < 4.78 is 5.23. The number of carbonyl (C=O) groups is 3. The van der Waals surface area contributed by atoms with Crippen molar-refractivity contribution in [1.82, 2.24) is 0 Å². The van der Waals surface area contributed by atoms with Crippen molar-refractivity contribution in [3.8, 4) is 0 Å². The highest BCUT2D eigenvalue weighted by Crippen LogP contribution is 2.15. The van der Waals surface area contributed by atoms with Gasteiger partial charge in [0, 0.05) is 30.7 Å². The van der Waals surface area contributed by atoms with Crippen LogP contribution < -0.4 is 5.73 Å². The first-order chi connectivity index (χ1) is 14.5.